The van der Waals surface area contributed by atoms with Gasteiger partial charge in [-0.05, 0) is 12.8 Å². The summed E-state index contributed by atoms with van der Waals surface area (Å²) in [7, 11) is -6.88. The lowest BCUT2D eigenvalue weighted by Gasteiger charge is -2.09. The van der Waals surface area contributed by atoms with Crippen LogP contribution in [0.15, 0.2) is 0 Å². The average Bonchev–Trinajstić information content (AvgIpc) is 2.65. The van der Waals surface area contributed by atoms with Crippen LogP contribution in [-0.4, -0.2) is 40.2 Å². The van der Waals surface area contributed by atoms with Gasteiger partial charge in [0.2, 0.25) is 0 Å². The number of unbranched alkanes of at least 4 members (excludes halogenated alkanes) is 4. The van der Waals surface area contributed by atoms with Gasteiger partial charge in [-0.1, -0.05) is 32.6 Å². The van der Waals surface area contributed by atoms with Crippen LogP contribution in [0, 0.1) is 0 Å². The first-order valence-corrected chi connectivity index (χ1v) is 9.75. The molecule has 1 aliphatic heterocycles. The molecule has 18 heavy (non-hydrogen) atoms. The minimum Gasteiger partial charge on any atom is -0.270 e. The molecule has 108 valence electrons. The van der Waals surface area contributed by atoms with Crippen molar-refractivity contribution in [1.82, 2.24) is 0 Å². The Hall–Kier alpha value is -0.140. The minimum absolute atomic E-state index is 0.0449. The van der Waals surface area contributed by atoms with Crippen molar-refractivity contribution in [3.05, 3.63) is 0 Å². The number of rotatable bonds is 8. The van der Waals surface area contributed by atoms with E-state index in [9.17, 15) is 16.8 Å². The van der Waals surface area contributed by atoms with Gasteiger partial charge < -0.3 is 0 Å². The van der Waals surface area contributed by atoms with Crippen LogP contribution in [0.1, 0.15) is 45.4 Å². The van der Waals surface area contributed by atoms with Gasteiger partial charge in [0.15, 0.2) is 9.84 Å². The summed E-state index contributed by atoms with van der Waals surface area (Å²) in [5.41, 5.74) is 0. The average molecular weight is 298 g/mol. The van der Waals surface area contributed by atoms with Crippen LogP contribution in [0.2, 0.25) is 0 Å². The van der Waals surface area contributed by atoms with Crippen LogP contribution in [0.4, 0.5) is 0 Å². The summed E-state index contributed by atoms with van der Waals surface area (Å²) >= 11 is 0. The Balaban J connectivity index is 2.28. The molecule has 5 nitrogen and oxygen atoms in total. The molecule has 0 N–H and O–H groups in total. The summed E-state index contributed by atoms with van der Waals surface area (Å²) in [6.45, 7) is 2.28. The highest BCUT2D eigenvalue weighted by Crippen LogP contribution is 2.20. The third-order valence-electron chi connectivity index (χ3n) is 3.09. The molecule has 0 radical (unpaired) electrons. The first kappa shape index (κ1) is 15.9. The summed E-state index contributed by atoms with van der Waals surface area (Å²) in [5.74, 6) is -0.331. The van der Waals surface area contributed by atoms with E-state index in [4.69, 9.17) is 4.18 Å². The molecule has 0 bridgehead atoms. The van der Waals surface area contributed by atoms with Crippen molar-refractivity contribution in [2.45, 2.75) is 50.7 Å². The van der Waals surface area contributed by atoms with Gasteiger partial charge in [0.25, 0.3) is 10.1 Å². The second kappa shape index (κ2) is 6.86. The molecule has 1 heterocycles. The highest BCUT2D eigenvalue weighted by atomic mass is 32.2. The summed E-state index contributed by atoms with van der Waals surface area (Å²) in [4.78, 5) is 0. The highest BCUT2D eigenvalue weighted by molar-refractivity contribution is 7.94. The topological polar surface area (TPSA) is 77.5 Å². The third-order valence-corrected chi connectivity index (χ3v) is 6.79. The van der Waals surface area contributed by atoms with Crippen LogP contribution in [0.25, 0.3) is 0 Å². The normalized spacial score (nSPS) is 23.3. The van der Waals surface area contributed by atoms with E-state index in [1.807, 2.05) is 0 Å². The quantitative estimate of drug-likeness (QED) is 0.501. The molecule has 0 aromatic carbocycles. The van der Waals surface area contributed by atoms with Gasteiger partial charge in [-0.25, -0.2) is 8.42 Å². The summed E-state index contributed by atoms with van der Waals surface area (Å²) in [6, 6.07) is 0. The maximum atomic E-state index is 11.7. The molecule has 1 aliphatic rings. The number of hydrogen-bond acceptors (Lipinski definition) is 5. The van der Waals surface area contributed by atoms with Gasteiger partial charge in [-0.2, -0.15) is 8.42 Å². The maximum absolute atomic E-state index is 11.7. The van der Waals surface area contributed by atoms with E-state index in [1.54, 1.807) is 0 Å². The smallest absolute Gasteiger partial charge is 0.270 e. The SMILES string of the molecule is CCCCCCCOS(=O)(=O)C1CCS(=O)(=O)C1. The molecule has 1 saturated heterocycles. The standard InChI is InChI=1S/C11H22O5S2/c1-2-3-4-5-6-8-16-18(14,15)11-7-9-17(12,13)10-11/h11H,2-10H2,1H3. The lowest BCUT2D eigenvalue weighted by Crippen LogP contribution is -2.25. The maximum Gasteiger partial charge on any atom is 0.271 e. The number of hydrogen-bond donors (Lipinski definition) is 0. The molecular formula is C11H22O5S2. The Morgan fingerprint density at radius 1 is 1.17 bits per heavy atom. The first-order valence-electron chi connectivity index (χ1n) is 6.46. The molecule has 0 aromatic rings. The van der Waals surface area contributed by atoms with Crippen molar-refractivity contribution in [2.24, 2.45) is 0 Å². The lowest BCUT2D eigenvalue weighted by atomic mass is 10.2. The Morgan fingerprint density at radius 2 is 1.83 bits per heavy atom. The van der Waals surface area contributed by atoms with E-state index in [2.05, 4.69) is 6.92 Å². The second-order valence-corrected chi connectivity index (χ2v) is 8.87. The monoisotopic (exact) mass is 298 g/mol. The highest BCUT2D eigenvalue weighted by Gasteiger charge is 2.37. The molecule has 0 spiro atoms. The predicted molar refractivity (Wildman–Crippen MR) is 70.7 cm³/mol. The second-order valence-electron chi connectivity index (χ2n) is 4.75. The lowest BCUT2D eigenvalue weighted by molar-refractivity contribution is 0.302. The summed E-state index contributed by atoms with van der Waals surface area (Å²) < 4.78 is 50.8. The van der Waals surface area contributed by atoms with E-state index < -0.39 is 25.2 Å². The molecule has 7 heteroatoms. The van der Waals surface area contributed by atoms with Crippen molar-refractivity contribution in [3.63, 3.8) is 0 Å². The van der Waals surface area contributed by atoms with Crippen molar-refractivity contribution in [3.8, 4) is 0 Å². The van der Waals surface area contributed by atoms with Crippen molar-refractivity contribution < 1.29 is 21.0 Å². The zero-order valence-electron chi connectivity index (χ0n) is 10.8. The van der Waals surface area contributed by atoms with E-state index in [0.717, 1.165) is 25.7 Å². The summed E-state index contributed by atoms with van der Waals surface area (Å²) in [6.07, 6.45) is 5.19. The fraction of sp³-hybridized carbons (Fsp3) is 1.00. The number of sulfone groups is 1. The Morgan fingerprint density at radius 3 is 2.39 bits per heavy atom. The molecule has 1 fully saturated rings. The largest absolute Gasteiger partial charge is 0.271 e. The Labute approximate surface area is 110 Å². The van der Waals surface area contributed by atoms with Crippen LogP contribution in [0.5, 0.6) is 0 Å². The zero-order valence-corrected chi connectivity index (χ0v) is 12.4. The van der Waals surface area contributed by atoms with Gasteiger partial charge in [-0.15, -0.1) is 0 Å². The molecule has 1 atom stereocenters. The van der Waals surface area contributed by atoms with Gasteiger partial charge in [0.05, 0.1) is 18.1 Å². The van der Waals surface area contributed by atoms with Gasteiger partial charge in [-0.3, -0.25) is 4.18 Å². The third kappa shape index (κ3) is 5.24. The van der Waals surface area contributed by atoms with Crippen molar-refractivity contribution in [2.75, 3.05) is 18.1 Å². The molecule has 0 saturated carbocycles. The van der Waals surface area contributed by atoms with Crippen LogP contribution in [0.3, 0.4) is 0 Å². The van der Waals surface area contributed by atoms with E-state index in [1.165, 1.54) is 0 Å². The van der Waals surface area contributed by atoms with Gasteiger partial charge in [0.1, 0.15) is 5.25 Å². The molecule has 0 aliphatic carbocycles. The first-order chi connectivity index (χ1) is 8.37. The van der Waals surface area contributed by atoms with Crippen LogP contribution < -0.4 is 0 Å². The Kier molecular flexibility index (Phi) is 6.07. The van der Waals surface area contributed by atoms with Crippen LogP contribution >= 0.6 is 0 Å². The molecule has 1 rings (SSSR count). The van der Waals surface area contributed by atoms with E-state index in [-0.39, 0.29) is 24.5 Å². The molecule has 0 amide bonds. The molecular weight excluding hydrogens is 276 g/mol. The van der Waals surface area contributed by atoms with Crippen molar-refractivity contribution >= 4 is 20.0 Å². The zero-order chi connectivity index (χ0) is 13.6. The Bertz CT molecular complexity index is 438. The van der Waals surface area contributed by atoms with Gasteiger partial charge in [0, 0.05) is 0 Å². The molecule has 0 aromatic heterocycles. The predicted octanol–water partition coefficient (Wildman–Crippen LogP) is 1.49. The molecule has 1 unspecified atom stereocenters. The van der Waals surface area contributed by atoms with Gasteiger partial charge >= 0.3 is 0 Å². The van der Waals surface area contributed by atoms with Crippen LogP contribution in [-0.2, 0) is 24.1 Å². The van der Waals surface area contributed by atoms with Crippen molar-refractivity contribution in [1.29, 1.82) is 0 Å². The van der Waals surface area contributed by atoms with E-state index in [0.29, 0.717) is 6.42 Å². The van der Waals surface area contributed by atoms with E-state index >= 15 is 0 Å². The minimum atomic E-state index is -3.70. The summed E-state index contributed by atoms with van der Waals surface area (Å²) in [5, 5.41) is -0.863. The fourth-order valence-corrected chi connectivity index (χ4v) is 5.90. The fourth-order valence-electron chi connectivity index (χ4n) is 1.97.